The van der Waals surface area contributed by atoms with E-state index in [1.165, 1.54) is 7.11 Å². The number of methoxy groups -OCH3 is 1. The van der Waals surface area contributed by atoms with E-state index in [0.717, 1.165) is 5.56 Å². The number of hydrogen-bond donors (Lipinski definition) is 0. The molecule has 0 aliphatic rings. The number of ether oxygens (including phenoxy) is 2. The Kier molecular flexibility index (Phi) is 5.48. The van der Waals surface area contributed by atoms with Gasteiger partial charge in [-0.25, -0.2) is 4.39 Å². The molecule has 0 aliphatic heterocycles. The third-order valence-electron chi connectivity index (χ3n) is 2.79. The summed E-state index contributed by atoms with van der Waals surface area (Å²) in [7, 11) is 1.43. The third kappa shape index (κ3) is 4.14. The standard InChI is InChI=1S/C17H14ClFO2/c1-20-16-9-3-7-14(17(16)19)12-21-15-8-2-5-13(11-15)6-4-10-18/h2-3,5,7-9,11H,10,12H2,1H3. The van der Waals surface area contributed by atoms with E-state index in [1.807, 2.05) is 12.1 Å². The molecule has 2 rings (SSSR count). The van der Waals surface area contributed by atoms with Crippen molar-refractivity contribution < 1.29 is 13.9 Å². The van der Waals surface area contributed by atoms with Crippen LogP contribution in [0.2, 0.25) is 0 Å². The molecule has 0 fully saturated rings. The molecule has 2 nitrogen and oxygen atoms in total. The summed E-state index contributed by atoms with van der Waals surface area (Å²) in [4.78, 5) is 0. The molecule has 0 atom stereocenters. The summed E-state index contributed by atoms with van der Waals surface area (Å²) in [5.41, 5.74) is 1.24. The Balaban J connectivity index is 2.10. The maximum Gasteiger partial charge on any atom is 0.171 e. The lowest BCUT2D eigenvalue weighted by atomic mass is 10.2. The Bertz CT molecular complexity index is 674. The lowest BCUT2D eigenvalue weighted by Gasteiger charge is -2.09. The first-order valence-corrected chi connectivity index (χ1v) is 6.87. The molecule has 0 saturated heterocycles. The van der Waals surface area contributed by atoms with Crippen molar-refractivity contribution in [1.29, 1.82) is 0 Å². The summed E-state index contributed by atoms with van der Waals surface area (Å²) in [5, 5.41) is 0. The van der Waals surface area contributed by atoms with Gasteiger partial charge >= 0.3 is 0 Å². The van der Waals surface area contributed by atoms with Crippen molar-refractivity contribution in [3.8, 4) is 23.3 Å². The molecule has 108 valence electrons. The highest BCUT2D eigenvalue weighted by Crippen LogP contribution is 2.22. The lowest BCUT2D eigenvalue weighted by Crippen LogP contribution is -2.00. The number of benzene rings is 2. The SMILES string of the molecule is COc1cccc(COc2cccc(C#CCCl)c2)c1F. The summed E-state index contributed by atoms with van der Waals surface area (Å²) in [6, 6.07) is 12.2. The molecule has 0 amide bonds. The van der Waals surface area contributed by atoms with Gasteiger partial charge in [-0.3, -0.25) is 0 Å². The van der Waals surface area contributed by atoms with Crippen molar-refractivity contribution in [3.63, 3.8) is 0 Å². The zero-order valence-electron chi connectivity index (χ0n) is 11.5. The van der Waals surface area contributed by atoms with Crippen LogP contribution in [-0.2, 0) is 6.61 Å². The highest BCUT2D eigenvalue weighted by molar-refractivity contribution is 6.19. The van der Waals surface area contributed by atoms with Crippen molar-refractivity contribution in [1.82, 2.24) is 0 Å². The molecule has 21 heavy (non-hydrogen) atoms. The zero-order chi connectivity index (χ0) is 15.1. The third-order valence-corrected chi connectivity index (χ3v) is 2.92. The molecule has 0 aliphatic carbocycles. The van der Waals surface area contributed by atoms with Crippen LogP contribution in [0.25, 0.3) is 0 Å². The highest BCUT2D eigenvalue weighted by Gasteiger charge is 2.08. The van der Waals surface area contributed by atoms with Crippen LogP contribution in [0.4, 0.5) is 4.39 Å². The first-order chi connectivity index (χ1) is 10.2. The predicted molar refractivity (Wildman–Crippen MR) is 81.3 cm³/mol. The minimum Gasteiger partial charge on any atom is -0.494 e. The van der Waals surface area contributed by atoms with Crippen molar-refractivity contribution in [3.05, 3.63) is 59.4 Å². The minimum atomic E-state index is -0.405. The van der Waals surface area contributed by atoms with E-state index in [-0.39, 0.29) is 18.2 Å². The van der Waals surface area contributed by atoms with Gasteiger partial charge in [-0.15, -0.1) is 11.6 Å². The second-order valence-electron chi connectivity index (χ2n) is 4.19. The highest BCUT2D eigenvalue weighted by atomic mass is 35.5. The Morgan fingerprint density at radius 2 is 2.00 bits per heavy atom. The van der Waals surface area contributed by atoms with Crippen LogP contribution in [0.5, 0.6) is 11.5 Å². The molecule has 0 spiro atoms. The van der Waals surface area contributed by atoms with Gasteiger partial charge in [-0.2, -0.15) is 0 Å². The van der Waals surface area contributed by atoms with Crippen molar-refractivity contribution in [2.24, 2.45) is 0 Å². The number of alkyl halides is 1. The Labute approximate surface area is 128 Å². The lowest BCUT2D eigenvalue weighted by molar-refractivity contribution is 0.295. The van der Waals surface area contributed by atoms with Crippen LogP contribution in [-0.4, -0.2) is 13.0 Å². The predicted octanol–water partition coefficient (Wildman–Crippen LogP) is 4.00. The van der Waals surface area contributed by atoms with Crippen molar-refractivity contribution >= 4 is 11.6 Å². The van der Waals surface area contributed by atoms with Gasteiger partial charge < -0.3 is 9.47 Å². The zero-order valence-corrected chi connectivity index (χ0v) is 12.3. The number of halogens is 2. The molecule has 0 heterocycles. The van der Waals surface area contributed by atoms with E-state index in [2.05, 4.69) is 11.8 Å². The molecule has 0 aromatic heterocycles. The first kappa shape index (κ1) is 15.2. The molecule has 0 bridgehead atoms. The maximum absolute atomic E-state index is 14.0. The summed E-state index contributed by atoms with van der Waals surface area (Å²) in [6.07, 6.45) is 0. The normalized spacial score (nSPS) is 9.67. The smallest absolute Gasteiger partial charge is 0.171 e. The van der Waals surface area contributed by atoms with Crippen LogP contribution < -0.4 is 9.47 Å². The summed E-state index contributed by atoms with van der Waals surface area (Å²) in [5.74, 6) is 6.38. The van der Waals surface area contributed by atoms with Gasteiger partial charge in [0.15, 0.2) is 11.6 Å². The minimum absolute atomic E-state index is 0.120. The summed E-state index contributed by atoms with van der Waals surface area (Å²) in [6.45, 7) is 0.120. The van der Waals surface area contributed by atoms with Crippen LogP contribution in [0.1, 0.15) is 11.1 Å². The van der Waals surface area contributed by atoms with E-state index in [9.17, 15) is 4.39 Å². The fourth-order valence-electron chi connectivity index (χ4n) is 1.79. The Morgan fingerprint density at radius 1 is 1.19 bits per heavy atom. The molecule has 4 heteroatoms. The first-order valence-electron chi connectivity index (χ1n) is 6.33. The van der Waals surface area contributed by atoms with E-state index < -0.39 is 5.82 Å². The molecule has 0 radical (unpaired) electrons. The average Bonchev–Trinajstić information content (AvgIpc) is 2.52. The van der Waals surface area contributed by atoms with Crippen molar-refractivity contribution in [2.45, 2.75) is 6.61 Å². The summed E-state index contributed by atoms with van der Waals surface area (Å²) < 4.78 is 24.5. The fourth-order valence-corrected chi connectivity index (χ4v) is 1.85. The molecule has 0 saturated carbocycles. The molecular formula is C17H14ClFO2. The van der Waals surface area contributed by atoms with Gasteiger partial charge in [0.1, 0.15) is 12.4 Å². The van der Waals surface area contributed by atoms with Crippen LogP contribution >= 0.6 is 11.6 Å². The molecule has 0 N–H and O–H groups in total. The van der Waals surface area contributed by atoms with Gasteiger partial charge in [0.25, 0.3) is 0 Å². The molecule has 0 unspecified atom stereocenters. The average molecular weight is 305 g/mol. The second kappa shape index (κ2) is 7.56. The molecule has 2 aromatic carbocycles. The van der Waals surface area contributed by atoms with E-state index in [1.54, 1.807) is 30.3 Å². The quantitative estimate of drug-likeness (QED) is 0.628. The monoisotopic (exact) mass is 304 g/mol. The number of rotatable bonds is 4. The van der Waals surface area contributed by atoms with Crippen LogP contribution in [0, 0.1) is 17.7 Å². The maximum atomic E-state index is 14.0. The van der Waals surface area contributed by atoms with Crippen LogP contribution in [0.3, 0.4) is 0 Å². The van der Waals surface area contributed by atoms with Gasteiger partial charge in [0, 0.05) is 11.1 Å². The Morgan fingerprint density at radius 3 is 2.76 bits per heavy atom. The topological polar surface area (TPSA) is 18.5 Å². The number of hydrogen-bond acceptors (Lipinski definition) is 2. The second-order valence-corrected chi connectivity index (χ2v) is 4.45. The summed E-state index contributed by atoms with van der Waals surface area (Å²) >= 11 is 5.52. The Hall–Kier alpha value is -2.18. The molecule has 2 aromatic rings. The van der Waals surface area contributed by atoms with E-state index >= 15 is 0 Å². The van der Waals surface area contributed by atoms with Gasteiger partial charge in [-0.05, 0) is 24.3 Å². The van der Waals surface area contributed by atoms with Gasteiger partial charge in [-0.1, -0.05) is 30.0 Å². The van der Waals surface area contributed by atoms with E-state index in [4.69, 9.17) is 21.1 Å². The van der Waals surface area contributed by atoms with E-state index in [0.29, 0.717) is 11.3 Å². The van der Waals surface area contributed by atoms with Crippen molar-refractivity contribution in [2.75, 3.05) is 13.0 Å². The molecular weight excluding hydrogens is 291 g/mol. The largest absolute Gasteiger partial charge is 0.494 e. The van der Waals surface area contributed by atoms with Gasteiger partial charge in [0.05, 0.1) is 13.0 Å². The fraction of sp³-hybridized carbons (Fsp3) is 0.176. The van der Waals surface area contributed by atoms with Crippen LogP contribution in [0.15, 0.2) is 42.5 Å². The van der Waals surface area contributed by atoms with Gasteiger partial charge in [0.2, 0.25) is 0 Å².